The minimum atomic E-state index is 0.615. The molecule has 0 bridgehead atoms. The summed E-state index contributed by atoms with van der Waals surface area (Å²) in [6, 6.07) is 0. The van der Waals surface area contributed by atoms with Crippen LogP contribution in [0.1, 0.15) is 13.8 Å². The maximum atomic E-state index is 6.99. The number of allylic oxidation sites excluding steroid dienone is 1. The minimum absolute atomic E-state index is 0.615. The van der Waals surface area contributed by atoms with Crippen LogP contribution in [0.15, 0.2) is 9.89 Å². The van der Waals surface area contributed by atoms with Gasteiger partial charge in [0.2, 0.25) is 0 Å². The Hall–Kier alpha value is 0.240. The lowest BCUT2D eigenvalue weighted by atomic mass is 10.8. The third-order valence-electron chi connectivity index (χ3n) is 0.398. The van der Waals surface area contributed by atoms with E-state index in [9.17, 15) is 0 Å². The molecular formula is C5H8BrNS. The first kappa shape index (κ1) is 8.24. The first-order chi connectivity index (χ1) is 3.63. The zero-order valence-electron chi connectivity index (χ0n) is 4.86. The summed E-state index contributed by atoms with van der Waals surface area (Å²) in [7, 11) is 0. The highest BCUT2D eigenvalue weighted by molar-refractivity contribution is 9.11. The molecule has 0 aliphatic carbocycles. The van der Waals surface area contributed by atoms with Crippen molar-refractivity contribution >= 4 is 32.7 Å². The van der Waals surface area contributed by atoms with Crippen LogP contribution in [0.25, 0.3) is 0 Å². The van der Waals surface area contributed by atoms with Gasteiger partial charge < -0.3 is 0 Å². The Morgan fingerprint density at radius 1 is 1.62 bits per heavy atom. The largest absolute Gasteiger partial charge is 0.298 e. The van der Waals surface area contributed by atoms with Gasteiger partial charge in [-0.05, 0) is 23.7 Å². The molecule has 1 N–H and O–H groups in total. The molecule has 46 valence electrons. The lowest BCUT2D eigenvalue weighted by Crippen LogP contribution is -1.71. The van der Waals surface area contributed by atoms with E-state index in [4.69, 9.17) is 5.41 Å². The third-order valence-corrected chi connectivity index (χ3v) is 1.76. The summed E-state index contributed by atoms with van der Waals surface area (Å²) in [6.07, 6.45) is 0. The average molecular weight is 194 g/mol. The fourth-order valence-corrected chi connectivity index (χ4v) is 0.789. The van der Waals surface area contributed by atoms with E-state index >= 15 is 0 Å². The third kappa shape index (κ3) is 6.24. The monoisotopic (exact) mass is 193 g/mol. The summed E-state index contributed by atoms with van der Waals surface area (Å²) in [6.45, 7) is 3.70. The molecule has 0 aliphatic rings. The fraction of sp³-hybridized carbons (Fsp3) is 0.400. The van der Waals surface area contributed by atoms with E-state index in [0.717, 1.165) is 4.48 Å². The van der Waals surface area contributed by atoms with E-state index in [-0.39, 0.29) is 0 Å². The average Bonchev–Trinajstić information content (AvgIpc) is 1.61. The highest BCUT2D eigenvalue weighted by atomic mass is 79.9. The van der Waals surface area contributed by atoms with Crippen LogP contribution in [0.3, 0.4) is 0 Å². The van der Waals surface area contributed by atoms with Gasteiger partial charge in [-0.2, -0.15) is 0 Å². The molecule has 8 heavy (non-hydrogen) atoms. The normalized spacial score (nSPS) is 11.6. The van der Waals surface area contributed by atoms with Crippen LogP contribution in [0.4, 0.5) is 0 Å². The first-order valence-electron chi connectivity index (χ1n) is 2.17. The number of thioether (sulfide) groups is 1. The molecule has 0 fully saturated rings. The van der Waals surface area contributed by atoms with Crippen molar-refractivity contribution in [1.29, 1.82) is 5.41 Å². The van der Waals surface area contributed by atoms with Crippen LogP contribution in [-0.4, -0.2) is 5.04 Å². The summed E-state index contributed by atoms with van der Waals surface area (Å²) in [4.78, 5) is 0. The van der Waals surface area contributed by atoms with Crippen molar-refractivity contribution < 1.29 is 0 Å². The lowest BCUT2D eigenvalue weighted by Gasteiger charge is -1.86. The molecule has 0 amide bonds. The molecule has 0 aromatic rings. The Morgan fingerprint density at radius 3 is 2.25 bits per heavy atom. The Bertz CT molecular complexity index is 116. The lowest BCUT2D eigenvalue weighted by molar-refractivity contribution is 1.54. The molecule has 0 spiro atoms. The van der Waals surface area contributed by atoms with Crippen molar-refractivity contribution in [3.63, 3.8) is 0 Å². The summed E-state index contributed by atoms with van der Waals surface area (Å²) in [5.74, 6) is 0. The van der Waals surface area contributed by atoms with E-state index in [2.05, 4.69) is 15.9 Å². The van der Waals surface area contributed by atoms with Crippen molar-refractivity contribution in [3.05, 3.63) is 9.89 Å². The number of nitrogens with one attached hydrogen (secondary N) is 1. The molecule has 0 radical (unpaired) electrons. The second-order valence-electron chi connectivity index (χ2n) is 1.38. The zero-order valence-corrected chi connectivity index (χ0v) is 7.27. The standard InChI is InChI=1S/C5H8BrNS/c1-4(6)3-8-5(2)7/h3,7H,1-2H3/b4-3+,7-5?. The van der Waals surface area contributed by atoms with Crippen LogP contribution < -0.4 is 0 Å². The Kier molecular flexibility index (Phi) is 4.28. The molecule has 0 aliphatic heterocycles. The predicted molar refractivity (Wildman–Crippen MR) is 43.7 cm³/mol. The Morgan fingerprint density at radius 2 is 2.12 bits per heavy atom. The summed E-state index contributed by atoms with van der Waals surface area (Å²) in [5, 5.41) is 9.49. The van der Waals surface area contributed by atoms with Crippen LogP contribution in [0.5, 0.6) is 0 Å². The molecule has 0 rings (SSSR count). The Balaban J connectivity index is 3.45. The van der Waals surface area contributed by atoms with Crippen LogP contribution in [-0.2, 0) is 0 Å². The van der Waals surface area contributed by atoms with Crippen molar-refractivity contribution in [1.82, 2.24) is 0 Å². The van der Waals surface area contributed by atoms with Gasteiger partial charge in [0.1, 0.15) is 0 Å². The second kappa shape index (κ2) is 4.15. The molecule has 3 heteroatoms. The first-order valence-corrected chi connectivity index (χ1v) is 3.84. The molecule has 0 aromatic carbocycles. The van der Waals surface area contributed by atoms with Crippen molar-refractivity contribution in [2.75, 3.05) is 0 Å². The molecule has 1 nitrogen and oxygen atoms in total. The minimum Gasteiger partial charge on any atom is -0.298 e. The van der Waals surface area contributed by atoms with Crippen molar-refractivity contribution in [3.8, 4) is 0 Å². The number of hydrogen-bond donors (Lipinski definition) is 1. The Labute approximate surface area is 62.2 Å². The van der Waals surface area contributed by atoms with E-state index in [0.29, 0.717) is 5.04 Å². The maximum Gasteiger partial charge on any atom is 0.0652 e. The summed E-state index contributed by atoms with van der Waals surface area (Å²) < 4.78 is 1.06. The zero-order chi connectivity index (χ0) is 6.57. The molecule has 0 heterocycles. The fourth-order valence-electron chi connectivity index (χ4n) is 0.170. The van der Waals surface area contributed by atoms with Crippen LogP contribution in [0, 0.1) is 5.41 Å². The van der Waals surface area contributed by atoms with Gasteiger partial charge in [-0.25, -0.2) is 0 Å². The molecular weight excluding hydrogens is 186 g/mol. The van der Waals surface area contributed by atoms with Crippen molar-refractivity contribution in [2.45, 2.75) is 13.8 Å². The quantitative estimate of drug-likeness (QED) is 0.503. The van der Waals surface area contributed by atoms with Gasteiger partial charge in [-0.1, -0.05) is 27.7 Å². The maximum absolute atomic E-state index is 6.99. The van der Waals surface area contributed by atoms with E-state index in [1.165, 1.54) is 11.8 Å². The number of rotatable bonds is 1. The van der Waals surface area contributed by atoms with Gasteiger partial charge >= 0.3 is 0 Å². The second-order valence-corrected chi connectivity index (χ2v) is 3.71. The summed E-state index contributed by atoms with van der Waals surface area (Å²) >= 11 is 4.66. The van der Waals surface area contributed by atoms with Gasteiger partial charge in [0.05, 0.1) is 5.04 Å². The topological polar surface area (TPSA) is 23.9 Å². The van der Waals surface area contributed by atoms with E-state index < -0.39 is 0 Å². The van der Waals surface area contributed by atoms with Gasteiger partial charge in [-0.15, -0.1) is 0 Å². The predicted octanol–water partition coefficient (Wildman–Crippen LogP) is 2.97. The van der Waals surface area contributed by atoms with Gasteiger partial charge in [0, 0.05) is 0 Å². The SMILES string of the molecule is CC(=N)S/C=C(\C)Br. The van der Waals surface area contributed by atoms with Gasteiger partial charge in [-0.3, -0.25) is 5.41 Å². The molecule has 0 saturated heterocycles. The van der Waals surface area contributed by atoms with Crippen LogP contribution >= 0.6 is 27.7 Å². The smallest absolute Gasteiger partial charge is 0.0652 e. The molecule has 0 saturated carbocycles. The van der Waals surface area contributed by atoms with E-state index in [1.54, 1.807) is 6.92 Å². The van der Waals surface area contributed by atoms with Gasteiger partial charge in [0.25, 0.3) is 0 Å². The van der Waals surface area contributed by atoms with Gasteiger partial charge in [0.15, 0.2) is 0 Å². The molecule has 0 atom stereocenters. The number of halogens is 1. The number of hydrogen-bond acceptors (Lipinski definition) is 2. The van der Waals surface area contributed by atoms with Crippen LogP contribution in [0.2, 0.25) is 0 Å². The highest BCUT2D eigenvalue weighted by Crippen LogP contribution is 2.11. The van der Waals surface area contributed by atoms with E-state index in [1.807, 2.05) is 12.3 Å². The molecule has 0 unspecified atom stereocenters. The van der Waals surface area contributed by atoms with Crippen molar-refractivity contribution in [2.24, 2.45) is 0 Å². The summed E-state index contributed by atoms with van der Waals surface area (Å²) in [5.41, 5.74) is 0. The highest BCUT2D eigenvalue weighted by Gasteiger charge is 1.82. The molecule has 0 aromatic heterocycles.